The van der Waals surface area contributed by atoms with Crippen LogP contribution in [0.25, 0.3) is 0 Å². The fourth-order valence-electron chi connectivity index (χ4n) is 1.71. The lowest BCUT2D eigenvalue weighted by Gasteiger charge is -2.16. The van der Waals surface area contributed by atoms with Gasteiger partial charge in [-0.2, -0.15) is 0 Å². The molecule has 7 nitrogen and oxygen atoms in total. The number of hydrogen-bond donors (Lipinski definition) is 3. The van der Waals surface area contributed by atoms with Gasteiger partial charge < -0.3 is 15.2 Å². The minimum Gasteiger partial charge on any atom is -0.489 e. The van der Waals surface area contributed by atoms with E-state index in [1.807, 2.05) is 13.8 Å². The van der Waals surface area contributed by atoms with E-state index in [1.54, 1.807) is 4.72 Å². The van der Waals surface area contributed by atoms with Crippen LogP contribution in [0.15, 0.2) is 17.0 Å². The van der Waals surface area contributed by atoms with Crippen molar-refractivity contribution in [3.8, 4) is 5.75 Å². The van der Waals surface area contributed by atoms with Crippen molar-refractivity contribution in [2.24, 2.45) is 5.92 Å². The van der Waals surface area contributed by atoms with Crippen LogP contribution in [0.2, 0.25) is 0 Å². The lowest BCUT2D eigenvalue weighted by atomic mass is 10.2. The molecule has 9 heteroatoms. The first-order valence-corrected chi connectivity index (χ1v) is 8.50. The Labute approximate surface area is 134 Å². The molecule has 0 radical (unpaired) electrons. The average Bonchev–Trinajstić information content (AvgIpc) is 2.42. The van der Waals surface area contributed by atoms with Crippen molar-refractivity contribution in [1.29, 1.82) is 0 Å². The summed E-state index contributed by atoms with van der Waals surface area (Å²) in [7, 11) is -4.33. The molecule has 0 aromatic heterocycles. The Morgan fingerprint density at radius 1 is 1.39 bits per heavy atom. The normalized spacial score (nSPS) is 11.4. The molecule has 0 atom stereocenters. The van der Waals surface area contributed by atoms with Gasteiger partial charge in [-0.1, -0.05) is 13.8 Å². The lowest BCUT2D eigenvalue weighted by molar-refractivity contribution is -0.117. The zero-order chi connectivity index (χ0) is 17.6. The molecule has 1 amide bonds. The predicted molar refractivity (Wildman–Crippen MR) is 83.3 cm³/mol. The van der Waals surface area contributed by atoms with Gasteiger partial charge in [0.2, 0.25) is 5.91 Å². The standard InChI is InChI=1S/C14H21FN2O5S/c1-9(2)8-16-12-6-11(15)14(7-13(12)22-5-4-18)23(20,21)17-10(3)19/h6-7,9,16,18H,4-5,8H2,1-3H3,(H,17,19). The molecule has 1 rings (SSSR count). The molecule has 0 heterocycles. The predicted octanol–water partition coefficient (Wildman–Crippen LogP) is 1.09. The molecule has 1 aromatic carbocycles. The summed E-state index contributed by atoms with van der Waals surface area (Å²) in [4.78, 5) is 10.3. The first kappa shape index (κ1) is 19.2. The van der Waals surface area contributed by atoms with Crippen molar-refractivity contribution in [3.63, 3.8) is 0 Å². The molecule has 0 aliphatic heterocycles. The third-order valence-electron chi connectivity index (χ3n) is 2.65. The number of aliphatic hydroxyl groups is 1. The smallest absolute Gasteiger partial charge is 0.267 e. The molecule has 0 bridgehead atoms. The monoisotopic (exact) mass is 348 g/mol. The maximum atomic E-state index is 14.1. The zero-order valence-electron chi connectivity index (χ0n) is 13.2. The molecule has 0 saturated carbocycles. The van der Waals surface area contributed by atoms with Gasteiger partial charge in [-0.15, -0.1) is 0 Å². The van der Waals surface area contributed by atoms with Crippen molar-refractivity contribution in [1.82, 2.24) is 4.72 Å². The van der Waals surface area contributed by atoms with Gasteiger partial charge in [0.15, 0.2) is 0 Å². The molecular formula is C14H21FN2O5S. The summed E-state index contributed by atoms with van der Waals surface area (Å²) in [6.07, 6.45) is 0. The van der Waals surface area contributed by atoms with Crippen molar-refractivity contribution in [2.75, 3.05) is 25.1 Å². The lowest BCUT2D eigenvalue weighted by Crippen LogP contribution is -2.29. The number of amides is 1. The van der Waals surface area contributed by atoms with E-state index in [1.165, 1.54) is 0 Å². The number of halogens is 1. The number of hydrogen-bond acceptors (Lipinski definition) is 6. The van der Waals surface area contributed by atoms with E-state index in [4.69, 9.17) is 9.84 Å². The molecule has 0 spiro atoms. The fraction of sp³-hybridized carbons (Fsp3) is 0.500. The second-order valence-corrected chi connectivity index (χ2v) is 6.94. The van der Waals surface area contributed by atoms with Gasteiger partial charge in [0.05, 0.1) is 12.3 Å². The molecular weight excluding hydrogens is 327 g/mol. The van der Waals surface area contributed by atoms with Crippen LogP contribution in [0.1, 0.15) is 20.8 Å². The maximum Gasteiger partial charge on any atom is 0.267 e. The Balaban J connectivity index is 3.26. The van der Waals surface area contributed by atoms with Gasteiger partial charge in [-0.3, -0.25) is 4.79 Å². The van der Waals surface area contributed by atoms with E-state index in [9.17, 15) is 17.6 Å². The minimum atomic E-state index is -4.33. The summed E-state index contributed by atoms with van der Waals surface area (Å²) in [5, 5.41) is 11.8. The van der Waals surface area contributed by atoms with Crippen LogP contribution < -0.4 is 14.8 Å². The topological polar surface area (TPSA) is 105 Å². The number of aliphatic hydroxyl groups excluding tert-OH is 1. The largest absolute Gasteiger partial charge is 0.489 e. The summed E-state index contributed by atoms with van der Waals surface area (Å²) >= 11 is 0. The second kappa shape index (κ2) is 8.11. The van der Waals surface area contributed by atoms with Crippen LogP contribution in [0.5, 0.6) is 5.75 Å². The van der Waals surface area contributed by atoms with Gasteiger partial charge in [0.1, 0.15) is 23.1 Å². The number of carbonyl (C=O) groups is 1. The first-order valence-electron chi connectivity index (χ1n) is 7.01. The summed E-state index contributed by atoms with van der Waals surface area (Å²) in [6, 6.07) is 1.97. The highest BCUT2D eigenvalue weighted by Crippen LogP contribution is 2.30. The molecule has 0 saturated heterocycles. The summed E-state index contributed by atoms with van der Waals surface area (Å²) in [5.41, 5.74) is 0.270. The number of ether oxygens (including phenoxy) is 1. The van der Waals surface area contributed by atoms with Crippen molar-refractivity contribution >= 4 is 21.6 Å². The highest BCUT2D eigenvalue weighted by atomic mass is 32.2. The van der Waals surface area contributed by atoms with E-state index in [0.29, 0.717) is 6.54 Å². The van der Waals surface area contributed by atoms with Crippen LogP contribution in [-0.4, -0.2) is 39.2 Å². The quantitative estimate of drug-likeness (QED) is 0.650. The summed E-state index contributed by atoms with van der Waals surface area (Å²) < 4.78 is 45.0. The number of carbonyl (C=O) groups excluding carboxylic acids is 1. The number of rotatable bonds is 8. The van der Waals surface area contributed by atoms with Crippen LogP contribution in [0.3, 0.4) is 0 Å². The Morgan fingerprint density at radius 3 is 2.57 bits per heavy atom. The summed E-state index contributed by atoms with van der Waals surface area (Å²) in [6.45, 7) is 5.07. The maximum absolute atomic E-state index is 14.1. The van der Waals surface area contributed by atoms with Crippen molar-refractivity contribution in [2.45, 2.75) is 25.7 Å². The van der Waals surface area contributed by atoms with E-state index in [0.717, 1.165) is 19.1 Å². The number of benzene rings is 1. The molecule has 0 aliphatic carbocycles. The van der Waals surface area contributed by atoms with Gasteiger partial charge in [0, 0.05) is 25.6 Å². The number of nitrogens with one attached hydrogen (secondary N) is 2. The van der Waals surface area contributed by atoms with E-state index in [2.05, 4.69) is 5.32 Å². The molecule has 0 aliphatic rings. The second-order valence-electron chi connectivity index (χ2n) is 5.29. The van der Waals surface area contributed by atoms with Crippen molar-refractivity contribution < 1.29 is 27.4 Å². The first-order chi connectivity index (χ1) is 10.7. The Kier molecular flexibility index (Phi) is 6.77. The Morgan fingerprint density at radius 2 is 2.04 bits per heavy atom. The van der Waals surface area contributed by atoms with Crippen LogP contribution in [-0.2, 0) is 14.8 Å². The van der Waals surface area contributed by atoms with Crippen LogP contribution in [0, 0.1) is 11.7 Å². The third kappa shape index (κ3) is 5.68. The molecule has 0 unspecified atom stereocenters. The highest BCUT2D eigenvalue weighted by molar-refractivity contribution is 7.90. The Bertz CT molecular complexity index is 661. The van der Waals surface area contributed by atoms with Gasteiger partial charge >= 0.3 is 0 Å². The summed E-state index contributed by atoms with van der Waals surface area (Å²) in [5.74, 6) is -1.50. The fourth-order valence-corrected chi connectivity index (χ4v) is 2.78. The molecule has 130 valence electrons. The minimum absolute atomic E-state index is 0.0741. The molecule has 1 aromatic rings. The van der Waals surface area contributed by atoms with Gasteiger partial charge in [0.25, 0.3) is 10.0 Å². The van der Waals surface area contributed by atoms with Gasteiger partial charge in [-0.05, 0) is 5.92 Å². The van der Waals surface area contributed by atoms with Crippen LogP contribution in [0.4, 0.5) is 10.1 Å². The number of sulfonamides is 1. The molecule has 3 N–H and O–H groups in total. The van der Waals surface area contributed by atoms with E-state index < -0.39 is 26.6 Å². The average molecular weight is 348 g/mol. The molecule has 0 fully saturated rings. The van der Waals surface area contributed by atoms with Crippen molar-refractivity contribution in [3.05, 3.63) is 17.9 Å². The third-order valence-corrected chi connectivity index (χ3v) is 4.10. The van der Waals surface area contributed by atoms with E-state index >= 15 is 0 Å². The van der Waals surface area contributed by atoms with Gasteiger partial charge in [-0.25, -0.2) is 17.5 Å². The number of anilines is 1. The molecule has 23 heavy (non-hydrogen) atoms. The van der Waals surface area contributed by atoms with Crippen LogP contribution >= 0.6 is 0 Å². The zero-order valence-corrected chi connectivity index (χ0v) is 14.0. The Hall–Kier alpha value is -1.87. The van der Waals surface area contributed by atoms with E-state index in [-0.39, 0.29) is 30.6 Å². The highest BCUT2D eigenvalue weighted by Gasteiger charge is 2.23. The SMILES string of the molecule is CC(=O)NS(=O)(=O)c1cc(OCCO)c(NCC(C)C)cc1F.